The molecule has 1 atom stereocenters. The lowest BCUT2D eigenvalue weighted by molar-refractivity contribution is 0.101. The summed E-state index contributed by atoms with van der Waals surface area (Å²) >= 11 is 3.48. The Morgan fingerprint density at radius 1 is 1.09 bits per heavy atom. The normalized spacial score (nSPS) is 21.1. The Morgan fingerprint density at radius 2 is 1.74 bits per heavy atom. The summed E-state index contributed by atoms with van der Waals surface area (Å²) in [5.41, 5.74) is 1.11. The fourth-order valence-corrected chi connectivity index (χ4v) is 4.31. The number of phenols is 1. The molecule has 3 nitrogen and oxygen atoms in total. The molecule has 1 aromatic carbocycles. The van der Waals surface area contributed by atoms with E-state index in [4.69, 9.17) is 0 Å². The average Bonchev–Trinajstić information content (AvgIpc) is 2.54. The van der Waals surface area contributed by atoms with Gasteiger partial charge in [-0.3, -0.25) is 4.90 Å². The second-order valence-corrected chi connectivity index (χ2v) is 7.16. The van der Waals surface area contributed by atoms with Gasteiger partial charge < -0.3 is 10.4 Å². The summed E-state index contributed by atoms with van der Waals surface area (Å²) in [4.78, 5) is 2.58. The lowest BCUT2D eigenvalue weighted by atomic mass is 9.80. The topological polar surface area (TPSA) is 35.5 Å². The maximum atomic E-state index is 10.5. The Hall–Kier alpha value is -0.000000000000000153. The lowest BCUT2D eigenvalue weighted by Crippen LogP contribution is -2.47. The number of hydrogen-bond acceptors (Lipinski definition) is 3. The number of nitrogens with zero attached hydrogens (tertiary/aromatic N) is 1. The first kappa shape index (κ1) is 21.0. The smallest absolute Gasteiger partial charge is 0.134 e. The van der Waals surface area contributed by atoms with Crippen molar-refractivity contribution in [1.82, 2.24) is 10.2 Å². The molecule has 0 aromatic heterocycles. The van der Waals surface area contributed by atoms with Gasteiger partial charge in [0.25, 0.3) is 0 Å². The number of phenolic OH excluding ortho intramolecular Hbond substituents is 1. The van der Waals surface area contributed by atoms with Crippen molar-refractivity contribution in [3.05, 3.63) is 28.2 Å². The number of piperazine rings is 1. The number of rotatable bonds is 3. The Kier molecular flexibility index (Phi) is 9.24. The minimum absolute atomic E-state index is 0. The Balaban J connectivity index is 0.00000132. The van der Waals surface area contributed by atoms with E-state index in [-0.39, 0.29) is 24.8 Å². The van der Waals surface area contributed by atoms with Crippen molar-refractivity contribution >= 4 is 40.7 Å². The minimum atomic E-state index is 0. The predicted octanol–water partition coefficient (Wildman–Crippen LogP) is 4.52. The highest BCUT2D eigenvalue weighted by Gasteiger charge is 2.32. The monoisotopic (exact) mass is 424 g/mol. The summed E-state index contributed by atoms with van der Waals surface area (Å²) in [5.74, 6) is 1.11. The van der Waals surface area contributed by atoms with Gasteiger partial charge in [-0.1, -0.05) is 31.4 Å². The van der Waals surface area contributed by atoms with Crippen molar-refractivity contribution < 1.29 is 5.11 Å². The van der Waals surface area contributed by atoms with Gasteiger partial charge in [-0.15, -0.1) is 24.8 Å². The van der Waals surface area contributed by atoms with Crippen molar-refractivity contribution in [2.45, 2.75) is 38.1 Å². The third kappa shape index (κ3) is 4.99. The molecular formula is C17H27BrCl2N2O. The molecule has 2 N–H and O–H groups in total. The molecule has 0 unspecified atom stereocenters. The summed E-state index contributed by atoms with van der Waals surface area (Å²) in [6.45, 7) is 4.26. The predicted molar refractivity (Wildman–Crippen MR) is 104 cm³/mol. The van der Waals surface area contributed by atoms with Gasteiger partial charge in [0.15, 0.2) is 0 Å². The summed E-state index contributed by atoms with van der Waals surface area (Å²) < 4.78 is 0.816. The molecule has 2 aliphatic rings. The van der Waals surface area contributed by atoms with E-state index < -0.39 is 0 Å². The molecule has 1 saturated heterocycles. The molecule has 23 heavy (non-hydrogen) atoms. The molecule has 0 spiro atoms. The van der Waals surface area contributed by atoms with Crippen LogP contribution in [0.2, 0.25) is 0 Å². The van der Waals surface area contributed by atoms with Gasteiger partial charge in [-0.2, -0.15) is 0 Å². The maximum absolute atomic E-state index is 10.5. The van der Waals surface area contributed by atoms with Crippen LogP contribution in [0.15, 0.2) is 22.7 Å². The highest BCUT2D eigenvalue weighted by atomic mass is 79.9. The van der Waals surface area contributed by atoms with E-state index in [1.165, 1.54) is 32.1 Å². The maximum Gasteiger partial charge on any atom is 0.134 e. The van der Waals surface area contributed by atoms with Crippen LogP contribution < -0.4 is 5.32 Å². The van der Waals surface area contributed by atoms with Gasteiger partial charge in [-0.25, -0.2) is 0 Å². The van der Waals surface area contributed by atoms with E-state index in [0.717, 1.165) is 36.2 Å². The zero-order valence-corrected chi connectivity index (χ0v) is 16.6. The first-order chi connectivity index (χ1) is 10.3. The van der Waals surface area contributed by atoms with Crippen LogP contribution >= 0.6 is 40.7 Å². The third-order valence-electron chi connectivity index (χ3n) is 4.98. The first-order valence-electron chi connectivity index (χ1n) is 8.19. The van der Waals surface area contributed by atoms with Crippen molar-refractivity contribution in [3.8, 4) is 5.75 Å². The Bertz CT molecular complexity index is 460. The van der Waals surface area contributed by atoms with Gasteiger partial charge in [0.1, 0.15) is 5.75 Å². The molecule has 0 amide bonds. The number of aromatic hydroxyl groups is 1. The number of hydrogen-bond donors (Lipinski definition) is 2. The number of nitrogens with one attached hydrogen (secondary N) is 1. The summed E-state index contributed by atoms with van der Waals surface area (Å²) in [7, 11) is 0. The molecule has 0 radical (unpaired) electrons. The van der Waals surface area contributed by atoms with Gasteiger partial charge in [0.05, 0.1) is 4.47 Å². The lowest BCUT2D eigenvalue weighted by Gasteiger charge is -2.41. The van der Waals surface area contributed by atoms with Crippen molar-refractivity contribution in [1.29, 1.82) is 0 Å². The second kappa shape index (κ2) is 10.1. The molecule has 1 aliphatic carbocycles. The van der Waals surface area contributed by atoms with Gasteiger partial charge in [0, 0.05) is 37.8 Å². The van der Waals surface area contributed by atoms with Crippen LogP contribution in [0, 0.1) is 5.92 Å². The molecule has 132 valence electrons. The highest BCUT2D eigenvalue weighted by Crippen LogP contribution is 2.43. The van der Waals surface area contributed by atoms with Crippen LogP contribution in [0.4, 0.5) is 0 Å². The third-order valence-corrected chi connectivity index (χ3v) is 5.62. The molecule has 2 fully saturated rings. The van der Waals surface area contributed by atoms with Gasteiger partial charge >= 0.3 is 0 Å². The second-order valence-electron chi connectivity index (χ2n) is 6.31. The fourth-order valence-electron chi connectivity index (χ4n) is 3.93. The van der Waals surface area contributed by atoms with E-state index in [2.05, 4.69) is 38.3 Å². The molecule has 6 heteroatoms. The van der Waals surface area contributed by atoms with Gasteiger partial charge in [0.2, 0.25) is 0 Å². The molecule has 3 rings (SSSR count). The molecule has 1 aromatic rings. The SMILES string of the molecule is Cl.Cl.Oc1c(Br)cccc1[C@H](C1CCCCC1)N1CCNCC1. The fraction of sp³-hybridized carbons (Fsp3) is 0.647. The Labute approximate surface area is 160 Å². The van der Waals surface area contributed by atoms with E-state index in [0.29, 0.717) is 17.7 Å². The number of benzene rings is 1. The molecule has 1 heterocycles. The first-order valence-corrected chi connectivity index (χ1v) is 8.99. The van der Waals surface area contributed by atoms with Gasteiger partial charge in [-0.05, 0) is 40.8 Å². The summed E-state index contributed by atoms with van der Waals surface area (Å²) in [5, 5.41) is 14.0. The molecule has 0 bridgehead atoms. The molecular weight excluding hydrogens is 399 g/mol. The van der Waals surface area contributed by atoms with Crippen molar-refractivity contribution in [3.63, 3.8) is 0 Å². The van der Waals surface area contributed by atoms with Crippen LogP contribution in [0.25, 0.3) is 0 Å². The zero-order valence-electron chi connectivity index (χ0n) is 13.3. The highest BCUT2D eigenvalue weighted by molar-refractivity contribution is 9.10. The van der Waals surface area contributed by atoms with Crippen molar-refractivity contribution in [2.24, 2.45) is 5.92 Å². The van der Waals surface area contributed by atoms with Crippen LogP contribution in [-0.2, 0) is 0 Å². The van der Waals surface area contributed by atoms with Crippen molar-refractivity contribution in [2.75, 3.05) is 26.2 Å². The molecule has 1 aliphatic heterocycles. The Morgan fingerprint density at radius 3 is 2.39 bits per heavy atom. The van der Waals surface area contributed by atoms with E-state index in [1.807, 2.05) is 6.07 Å². The summed E-state index contributed by atoms with van der Waals surface area (Å²) in [6.07, 6.45) is 6.63. The quantitative estimate of drug-likeness (QED) is 0.746. The van der Waals surface area contributed by atoms with E-state index in [1.54, 1.807) is 0 Å². The average molecular weight is 426 g/mol. The summed E-state index contributed by atoms with van der Waals surface area (Å²) in [6, 6.07) is 6.46. The minimum Gasteiger partial charge on any atom is -0.506 e. The van der Waals surface area contributed by atoms with Crippen LogP contribution in [0.3, 0.4) is 0 Å². The number of halogens is 3. The van der Waals surface area contributed by atoms with Crippen LogP contribution in [0.5, 0.6) is 5.75 Å². The van der Waals surface area contributed by atoms with E-state index in [9.17, 15) is 5.11 Å². The standard InChI is InChI=1S/C17H25BrN2O.2ClH/c18-15-8-4-7-14(17(15)21)16(13-5-2-1-3-6-13)20-11-9-19-10-12-20;;/h4,7-8,13,16,19,21H,1-3,5-6,9-12H2;2*1H/t16-;;/m0../s1. The molecule has 1 saturated carbocycles. The van der Waals surface area contributed by atoms with Crippen LogP contribution in [0.1, 0.15) is 43.7 Å². The van der Waals surface area contributed by atoms with Crippen LogP contribution in [-0.4, -0.2) is 36.2 Å². The van der Waals surface area contributed by atoms with E-state index >= 15 is 0 Å². The number of para-hydroxylation sites is 1. The largest absolute Gasteiger partial charge is 0.506 e. The zero-order chi connectivity index (χ0) is 14.7.